The maximum Gasteiger partial charge on any atom is 0.255 e. The number of nitrogens with one attached hydrogen (secondary N) is 2. The van der Waals surface area contributed by atoms with Crippen LogP contribution in [0.25, 0.3) is 16.9 Å². The molecule has 11 heteroatoms. The quantitative estimate of drug-likeness (QED) is 0.333. The number of halogens is 2. The van der Waals surface area contributed by atoms with Gasteiger partial charge in [0, 0.05) is 6.20 Å². The molecule has 0 aliphatic carbocycles. The Morgan fingerprint density at radius 1 is 1.23 bits per heavy atom. The van der Waals surface area contributed by atoms with Crippen molar-refractivity contribution in [1.29, 1.82) is 5.26 Å². The summed E-state index contributed by atoms with van der Waals surface area (Å²) in [5.41, 5.74) is 1.79. The summed E-state index contributed by atoms with van der Waals surface area (Å²) in [6.45, 7) is 2.28. The van der Waals surface area contributed by atoms with Crippen molar-refractivity contribution in [3.8, 4) is 17.5 Å². The summed E-state index contributed by atoms with van der Waals surface area (Å²) in [5, 5.41) is 29.2. The molecule has 0 aliphatic rings. The Morgan fingerprint density at radius 3 is 2.71 bits per heavy atom. The van der Waals surface area contributed by atoms with Gasteiger partial charge in [0.15, 0.2) is 0 Å². The van der Waals surface area contributed by atoms with E-state index in [1.807, 2.05) is 0 Å². The number of fused-ring (bicyclic) bond motifs is 1. The first kappa shape index (κ1) is 24.1. The Hall–Kier alpha value is -4.07. The van der Waals surface area contributed by atoms with Crippen LogP contribution >= 0.6 is 11.6 Å². The smallest absolute Gasteiger partial charge is 0.255 e. The molecule has 4 aromatic heterocycles. The zero-order valence-electron chi connectivity index (χ0n) is 18.8. The summed E-state index contributed by atoms with van der Waals surface area (Å²) >= 11 is 5.88. The number of amides is 1. The van der Waals surface area contributed by atoms with Gasteiger partial charge in [-0.1, -0.05) is 11.6 Å². The number of nitrogens with zero attached hydrogens (tertiary/aromatic N) is 5. The van der Waals surface area contributed by atoms with Crippen LogP contribution < -0.4 is 10.6 Å². The Labute approximate surface area is 205 Å². The second-order valence-corrected chi connectivity index (χ2v) is 8.74. The molecule has 3 N–H and O–H groups in total. The van der Waals surface area contributed by atoms with E-state index in [-0.39, 0.29) is 12.1 Å². The highest BCUT2D eigenvalue weighted by Crippen LogP contribution is 2.28. The second-order valence-electron chi connectivity index (χ2n) is 8.35. The van der Waals surface area contributed by atoms with Crippen molar-refractivity contribution < 1.29 is 14.3 Å². The summed E-state index contributed by atoms with van der Waals surface area (Å²) in [6.07, 6.45) is 2.67. The van der Waals surface area contributed by atoms with Crippen LogP contribution in [0.3, 0.4) is 0 Å². The fourth-order valence-electron chi connectivity index (χ4n) is 3.27. The zero-order chi connectivity index (χ0) is 25.2. The summed E-state index contributed by atoms with van der Waals surface area (Å²) in [4.78, 5) is 21.4. The summed E-state index contributed by atoms with van der Waals surface area (Å²) in [5.74, 6) is -0.572. The van der Waals surface area contributed by atoms with E-state index in [1.54, 1.807) is 40.9 Å². The van der Waals surface area contributed by atoms with Crippen molar-refractivity contribution >= 4 is 34.4 Å². The van der Waals surface area contributed by atoms with Crippen molar-refractivity contribution in [3.05, 3.63) is 71.3 Å². The van der Waals surface area contributed by atoms with Gasteiger partial charge in [0.2, 0.25) is 0 Å². The largest absolute Gasteiger partial charge is 0.387 e. The summed E-state index contributed by atoms with van der Waals surface area (Å²) < 4.78 is 15.8. The van der Waals surface area contributed by atoms with E-state index in [1.165, 1.54) is 32.4 Å². The maximum atomic E-state index is 14.2. The van der Waals surface area contributed by atoms with Crippen LogP contribution in [0.15, 0.2) is 55.0 Å². The van der Waals surface area contributed by atoms with Crippen molar-refractivity contribution in [1.82, 2.24) is 24.9 Å². The zero-order valence-corrected chi connectivity index (χ0v) is 19.6. The summed E-state index contributed by atoms with van der Waals surface area (Å²) in [6, 6.07) is 12.3. The topological polar surface area (TPSA) is 128 Å². The molecule has 0 aliphatic heterocycles. The fourth-order valence-corrected chi connectivity index (χ4v) is 3.38. The predicted octanol–water partition coefficient (Wildman–Crippen LogP) is 3.90. The van der Waals surface area contributed by atoms with Gasteiger partial charge in [-0.05, 0) is 50.2 Å². The molecular weight excluding hydrogens is 473 g/mol. The van der Waals surface area contributed by atoms with E-state index in [0.717, 1.165) is 0 Å². The highest BCUT2D eigenvalue weighted by Gasteiger charge is 2.27. The Balaban J connectivity index is 1.71. The fraction of sp³-hybridized carbons (Fsp3) is 0.208. The lowest BCUT2D eigenvalue weighted by molar-refractivity contribution is -0.00177. The number of carbonyl (C=O) groups is 1. The third kappa shape index (κ3) is 5.37. The Morgan fingerprint density at radius 2 is 2.03 bits per heavy atom. The monoisotopic (exact) mass is 493 g/mol. The van der Waals surface area contributed by atoms with Gasteiger partial charge < -0.3 is 15.7 Å². The van der Waals surface area contributed by atoms with Crippen molar-refractivity contribution in [2.75, 3.05) is 11.9 Å². The average Bonchev–Trinajstić information content (AvgIpc) is 3.26. The van der Waals surface area contributed by atoms with E-state index in [0.29, 0.717) is 39.0 Å². The van der Waals surface area contributed by atoms with Crippen molar-refractivity contribution in [3.63, 3.8) is 0 Å². The normalized spacial score (nSPS) is 12.2. The molecule has 0 saturated heterocycles. The molecule has 4 heterocycles. The minimum absolute atomic E-state index is 0.159. The molecule has 9 nitrogen and oxygen atoms in total. The van der Waals surface area contributed by atoms with Crippen LogP contribution in [0.5, 0.6) is 0 Å². The standard InChI is InChI=1S/C24H21ClFN7O2/c1-24(2,35)21(26)13-30-23(34)17-12-28-19(8-18(17)32-15-3-6-22(25)29-11-15)20-5-4-16-7-14(9-27)10-31-33(16)20/h3-8,10-12,21,35H,13H2,1-2H3,(H,28,32)(H,30,34). The Kier molecular flexibility index (Phi) is 6.64. The number of pyridine rings is 2. The molecule has 178 valence electrons. The SMILES string of the molecule is CC(C)(O)C(F)CNC(=O)c1cnc(-c2ccc3cc(C#N)cnn23)cc1Nc1ccc(Cl)nc1. The van der Waals surface area contributed by atoms with Gasteiger partial charge in [-0.3, -0.25) is 9.78 Å². The number of rotatable bonds is 7. The molecule has 35 heavy (non-hydrogen) atoms. The van der Waals surface area contributed by atoms with E-state index < -0.39 is 17.7 Å². The molecule has 0 saturated carbocycles. The highest BCUT2D eigenvalue weighted by molar-refractivity contribution is 6.29. The van der Waals surface area contributed by atoms with Gasteiger partial charge in [0.1, 0.15) is 17.4 Å². The van der Waals surface area contributed by atoms with E-state index in [9.17, 15) is 14.3 Å². The number of nitriles is 1. The molecule has 0 radical (unpaired) electrons. The number of aliphatic hydroxyl groups is 1. The van der Waals surface area contributed by atoms with Crippen molar-refractivity contribution in [2.24, 2.45) is 0 Å². The molecule has 4 aromatic rings. The number of aromatic nitrogens is 4. The third-order valence-corrected chi connectivity index (χ3v) is 5.48. The predicted molar refractivity (Wildman–Crippen MR) is 129 cm³/mol. The van der Waals surface area contributed by atoms with E-state index in [2.05, 4.69) is 31.8 Å². The van der Waals surface area contributed by atoms with Crippen LogP contribution in [0.1, 0.15) is 29.8 Å². The lowest BCUT2D eigenvalue weighted by atomic mass is 10.0. The number of carbonyl (C=O) groups excluding carboxylic acids is 1. The molecule has 0 spiro atoms. The van der Waals surface area contributed by atoms with Crippen LogP contribution in [0, 0.1) is 11.3 Å². The molecule has 1 unspecified atom stereocenters. The van der Waals surface area contributed by atoms with E-state index in [4.69, 9.17) is 16.9 Å². The first-order valence-electron chi connectivity index (χ1n) is 10.6. The van der Waals surface area contributed by atoms with Gasteiger partial charge in [0.05, 0.1) is 63.9 Å². The maximum absolute atomic E-state index is 14.2. The first-order valence-corrected chi connectivity index (χ1v) is 10.9. The van der Waals surface area contributed by atoms with Gasteiger partial charge >= 0.3 is 0 Å². The van der Waals surface area contributed by atoms with Crippen LogP contribution in [-0.2, 0) is 0 Å². The molecule has 0 aromatic carbocycles. The third-order valence-electron chi connectivity index (χ3n) is 5.26. The molecular formula is C24H21ClFN7O2. The van der Waals surface area contributed by atoms with Crippen molar-refractivity contribution in [2.45, 2.75) is 25.6 Å². The summed E-state index contributed by atoms with van der Waals surface area (Å²) in [7, 11) is 0. The lowest BCUT2D eigenvalue weighted by Crippen LogP contribution is -2.42. The molecule has 1 atom stereocenters. The van der Waals surface area contributed by atoms with Gasteiger partial charge in [0.25, 0.3) is 5.91 Å². The van der Waals surface area contributed by atoms with Crippen LogP contribution in [-0.4, -0.2) is 48.9 Å². The lowest BCUT2D eigenvalue weighted by Gasteiger charge is -2.22. The average molecular weight is 494 g/mol. The minimum atomic E-state index is -1.66. The molecule has 1 amide bonds. The number of hydrogen-bond acceptors (Lipinski definition) is 7. The van der Waals surface area contributed by atoms with Crippen LogP contribution in [0.4, 0.5) is 15.8 Å². The van der Waals surface area contributed by atoms with Gasteiger partial charge in [-0.15, -0.1) is 0 Å². The molecule has 4 rings (SSSR count). The Bertz CT molecular complexity index is 1420. The molecule has 0 fully saturated rings. The number of anilines is 2. The van der Waals surface area contributed by atoms with Gasteiger partial charge in [-0.2, -0.15) is 10.4 Å². The number of hydrogen-bond donors (Lipinski definition) is 3. The molecule has 0 bridgehead atoms. The second kappa shape index (κ2) is 9.66. The first-order chi connectivity index (χ1) is 16.7. The highest BCUT2D eigenvalue weighted by atomic mass is 35.5. The number of alkyl halides is 1. The van der Waals surface area contributed by atoms with Crippen LogP contribution in [0.2, 0.25) is 5.15 Å². The minimum Gasteiger partial charge on any atom is -0.387 e. The van der Waals surface area contributed by atoms with E-state index >= 15 is 0 Å². The van der Waals surface area contributed by atoms with Gasteiger partial charge in [-0.25, -0.2) is 13.9 Å².